The van der Waals surface area contributed by atoms with Crippen LogP contribution in [0.4, 0.5) is 5.69 Å². The highest BCUT2D eigenvalue weighted by Crippen LogP contribution is 2.21. The average Bonchev–Trinajstić information content (AvgIpc) is 3.15. The van der Waals surface area contributed by atoms with Gasteiger partial charge < -0.3 is 19.0 Å². The Morgan fingerprint density at radius 3 is 2.75 bits per heavy atom. The van der Waals surface area contributed by atoms with Crippen LogP contribution in [0.2, 0.25) is 0 Å². The zero-order valence-electron chi connectivity index (χ0n) is 13.8. The maximum atomic E-state index is 12.2. The average molecular weight is 326 g/mol. The summed E-state index contributed by atoms with van der Waals surface area (Å²) in [7, 11) is 0. The highest BCUT2D eigenvalue weighted by molar-refractivity contribution is 6.02. The van der Waals surface area contributed by atoms with Crippen LogP contribution in [-0.2, 0) is 6.61 Å². The van der Waals surface area contributed by atoms with E-state index in [0.717, 1.165) is 11.3 Å². The third-order valence-corrected chi connectivity index (χ3v) is 3.53. The molecule has 0 atom stereocenters. The van der Waals surface area contributed by atoms with Gasteiger partial charge in [-0.3, -0.25) is 4.79 Å². The number of benzene rings is 1. The van der Waals surface area contributed by atoms with Gasteiger partial charge in [0, 0.05) is 0 Å². The molecule has 2 heterocycles. The summed E-state index contributed by atoms with van der Waals surface area (Å²) in [6.45, 7) is 5.74. The Morgan fingerprint density at radius 2 is 2.04 bits per heavy atom. The number of aryl methyl sites for hydroxylation is 3. The second-order valence-corrected chi connectivity index (χ2v) is 5.52. The SMILES string of the molecule is Cc1cccc(OCc2ccc(C(=O)Nc3c(C)noc3C)o2)c1. The summed E-state index contributed by atoms with van der Waals surface area (Å²) in [5, 5.41) is 6.54. The van der Waals surface area contributed by atoms with Gasteiger partial charge in [0.1, 0.15) is 29.5 Å². The number of hydrogen-bond acceptors (Lipinski definition) is 5. The van der Waals surface area contributed by atoms with E-state index < -0.39 is 0 Å². The Kier molecular flexibility index (Phi) is 4.37. The van der Waals surface area contributed by atoms with Gasteiger partial charge in [-0.15, -0.1) is 0 Å². The lowest BCUT2D eigenvalue weighted by Gasteiger charge is -2.05. The minimum absolute atomic E-state index is 0.206. The summed E-state index contributed by atoms with van der Waals surface area (Å²) >= 11 is 0. The highest BCUT2D eigenvalue weighted by atomic mass is 16.5. The molecule has 0 spiro atoms. The first-order valence-electron chi connectivity index (χ1n) is 7.55. The summed E-state index contributed by atoms with van der Waals surface area (Å²) in [6, 6.07) is 11.1. The van der Waals surface area contributed by atoms with Gasteiger partial charge in [-0.05, 0) is 50.6 Å². The van der Waals surface area contributed by atoms with Gasteiger partial charge in [-0.25, -0.2) is 0 Å². The van der Waals surface area contributed by atoms with Gasteiger partial charge in [0.15, 0.2) is 11.5 Å². The van der Waals surface area contributed by atoms with Gasteiger partial charge >= 0.3 is 0 Å². The summed E-state index contributed by atoms with van der Waals surface area (Å²) in [5.41, 5.74) is 2.30. The van der Waals surface area contributed by atoms with E-state index in [9.17, 15) is 4.79 Å². The molecule has 24 heavy (non-hydrogen) atoms. The number of amides is 1. The maximum Gasteiger partial charge on any atom is 0.291 e. The summed E-state index contributed by atoms with van der Waals surface area (Å²) in [6.07, 6.45) is 0. The fourth-order valence-corrected chi connectivity index (χ4v) is 2.27. The molecular weight excluding hydrogens is 308 g/mol. The van der Waals surface area contributed by atoms with Gasteiger partial charge in [-0.2, -0.15) is 0 Å². The zero-order chi connectivity index (χ0) is 17.1. The monoisotopic (exact) mass is 326 g/mol. The summed E-state index contributed by atoms with van der Waals surface area (Å²) < 4.78 is 16.2. The molecule has 6 heteroatoms. The van der Waals surface area contributed by atoms with Crippen molar-refractivity contribution in [2.75, 3.05) is 5.32 Å². The largest absolute Gasteiger partial charge is 0.486 e. The number of nitrogens with one attached hydrogen (secondary N) is 1. The first-order valence-corrected chi connectivity index (χ1v) is 7.55. The molecule has 3 aromatic rings. The lowest BCUT2D eigenvalue weighted by molar-refractivity contribution is 0.0992. The van der Waals surface area contributed by atoms with Crippen LogP contribution < -0.4 is 10.1 Å². The Labute approximate surface area is 139 Å². The van der Waals surface area contributed by atoms with Crippen LogP contribution in [0.1, 0.15) is 33.3 Å². The number of hydrogen-bond donors (Lipinski definition) is 1. The van der Waals surface area contributed by atoms with Crippen molar-refractivity contribution in [2.45, 2.75) is 27.4 Å². The van der Waals surface area contributed by atoms with Crippen molar-refractivity contribution in [2.24, 2.45) is 0 Å². The molecule has 0 radical (unpaired) electrons. The van der Waals surface area contributed by atoms with Crippen LogP contribution in [0.3, 0.4) is 0 Å². The van der Waals surface area contributed by atoms with Crippen LogP contribution in [0, 0.1) is 20.8 Å². The standard InChI is InChI=1S/C18H18N2O4/c1-11-5-4-6-14(9-11)22-10-15-7-8-16(23-15)18(21)19-17-12(2)20-24-13(17)3/h4-9H,10H2,1-3H3,(H,19,21). The Hall–Kier alpha value is -3.02. The summed E-state index contributed by atoms with van der Waals surface area (Å²) in [4.78, 5) is 12.2. The first-order chi connectivity index (χ1) is 11.5. The van der Waals surface area contributed by atoms with Crippen molar-refractivity contribution < 1.29 is 18.5 Å². The number of aromatic nitrogens is 1. The van der Waals surface area contributed by atoms with Crippen LogP contribution in [0.5, 0.6) is 5.75 Å². The molecule has 0 aliphatic heterocycles. The fourth-order valence-electron chi connectivity index (χ4n) is 2.27. The molecule has 0 fully saturated rings. The smallest absolute Gasteiger partial charge is 0.291 e. The number of anilines is 1. The molecule has 3 rings (SSSR count). The molecule has 0 unspecified atom stereocenters. The number of rotatable bonds is 5. The second-order valence-electron chi connectivity index (χ2n) is 5.52. The van der Waals surface area contributed by atoms with Crippen molar-refractivity contribution in [3.63, 3.8) is 0 Å². The molecule has 1 N–H and O–H groups in total. The van der Waals surface area contributed by atoms with Crippen LogP contribution in [-0.4, -0.2) is 11.1 Å². The van der Waals surface area contributed by atoms with Crippen molar-refractivity contribution in [3.05, 3.63) is 64.9 Å². The van der Waals surface area contributed by atoms with Crippen molar-refractivity contribution in [3.8, 4) is 5.75 Å². The number of carbonyl (C=O) groups is 1. The van der Waals surface area contributed by atoms with E-state index in [1.807, 2.05) is 31.2 Å². The molecule has 6 nitrogen and oxygen atoms in total. The van der Waals surface area contributed by atoms with Gasteiger partial charge in [0.2, 0.25) is 0 Å². The van der Waals surface area contributed by atoms with Gasteiger partial charge in [0.25, 0.3) is 5.91 Å². The van der Waals surface area contributed by atoms with Crippen molar-refractivity contribution >= 4 is 11.6 Å². The van der Waals surface area contributed by atoms with Gasteiger partial charge in [-0.1, -0.05) is 17.3 Å². The minimum atomic E-state index is -0.355. The Balaban J connectivity index is 1.63. The lowest BCUT2D eigenvalue weighted by Crippen LogP contribution is -2.12. The second kappa shape index (κ2) is 6.62. The molecule has 1 aromatic carbocycles. The maximum absolute atomic E-state index is 12.2. The first kappa shape index (κ1) is 15.9. The lowest BCUT2D eigenvalue weighted by atomic mass is 10.2. The molecule has 2 aromatic heterocycles. The van der Waals surface area contributed by atoms with Crippen LogP contribution in [0.25, 0.3) is 0 Å². The minimum Gasteiger partial charge on any atom is -0.486 e. The van der Waals surface area contributed by atoms with Crippen LogP contribution in [0.15, 0.2) is 45.3 Å². The number of carbonyl (C=O) groups excluding carboxylic acids is 1. The van der Waals surface area contributed by atoms with Crippen molar-refractivity contribution in [1.82, 2.24) is 5.16 Å². The predicted molar refractivity (Wildman–Crippen MR) is 88.1 cm³/mol. The van der Waals surface area contributed by atoms with E-state index in [1.54, 1.807) is 26.0 Å². The Bertz CT molecular complexity index is 844. The van der Waals surface area contributed by atoms with E-state index in [4.69, 9.17) is 13.7 Å². The number of furan rings is 1. The van der Waals surface area contributed by atoms with E-state index in [0.29, 0.717) is 22.9 Å². The van der Waals surface area contributed by atoms with Crippen molar-refractivity contribution in [1.29, 1.82) is 0 Å². The van der Waals surface area contributed by atoms with Crippen LogP contribution >= 0.6 is 0 Å². The van der Waals surface area contributed by atoms with E-state index in [2.05, 4.69) is 10.5 Å². The predicted octanol–water partition coefficient (Wildman–Crippen LogP) is 4.02. The van der Waals surface area contributed by atoms with E-state index >= 15 is 0 Å². The normalized spacial score (nSPS) is 10.6. The molecule has 0 saturated carbocycles. The molecule has 124 valence electrons. The molecule has 0 aliphatic rings. The number of ether oxygens (including phenoxy) is 1. The molecule has 1 amide bonds. The van der Waals surface area contributed by atoms with E-state index in [-0.39, 0.29) is 18.3 Å². The molecule has 0 aliphatic carbocycles. The topological polar surface area (TPSA) is 77.5 Å². The highest BCUT2D eigenvalue weighted by Gasteiger charge is 2.16. The third-order valence-electron chi connectivity index (χ3n) is 3.53. The zero-order valence-corrected chi connectivity index (χ0v) is 13.8. The quantitative estimate of drug-likeness (QED) is 0.766. The fraction of sp³-hybridized carbons (Fsp3) is 0.222. The number of nitrogens with zero attached hydrogens (tertiary/aromatic N) is 1. The van der Waals surface area contributed by atoms with E-state index in [1.165, 1.54) is 0 Å². The molecule has 0 saturated heterocycles. The Morgan fingerprint density at radius 1 is 1.21 bits per heavy atom. The third kappa shape index (κ3) is 3.48. The molecular formula is C18H18N2O4. The summed E-state index contributed by atoms with van der Waals surface area (Å²) in [5.74, 6) is 1.73. The van der Waals surface area contributed by atoms with Gasteiger partial charge in [0.05, 0.1) is 0 Å². The molecule has 0 bridgehead atoms.